The van der Waals surface area contributed by atoms with E-state index >= 15 is 0 Å². The van der Waals surface area contributed by atoms with E-state index in [1.165, 1.54) is 0 Å². The Morgan fingerprint density at radius 2 is 1.78 bits per heavy atom. The Morgan fingerprint density at radius 3 is 2.52 bits per heavy atom. The Labute approximate surface area is 158 Å². The lowest BCUT2D eigenvalue weighted by atomic mass is 9.94. The van der Waals surface area contributed by atoms with Gasteiger partial charge in [-0.05, 0) is 44.6 Å². The maximum Gasteiger partial charge on any atom is 0.226 e. The number of carbonyl (C=O) groups is 2. The SMILES string of the molecule is O=C(C1CC1)N1CCC(C(=O)N2CCCC2c2nc3ccncc3[nH]2)CC1. The van der Waals surface area contributed by atoms with Crippen molar-refractivity contribution in [2.45, 2.75) is 44.6 Å². The highest BCUT2D eigenvalue weighted by Crippen LogP contribution is 2.35. The van der Waals surface area contributed by atoms with Crippen molar-refractivity contribution >= 4 is 22.8 Å². The van der Waals surface area contributed by atoms with Gasteiger partial charge >= 0.3 is 0 Å². The fraction of sp³-hybridized carbons (Fsp3) is 0.600. The van der Waals surface area contributed by atoms with Crippen molar-refractivity contribution in [3.63, 3.8) is 0 Å². The first-order valence-electron chi connectivity index (χ1n) is 10.1. The van der Waals surface area contributed by atoms with Gasteiger partial charge in [-0.15, -0.1) is 0 Å². The number of carbonyl (C=O) groups excluding carboxylic acids is 2. The standard InChI is InChI=1S/C20H25N5O2/c26-19(13-3-4-13)24-10-6-14(7-11-24)20(27)25-9-1-2-17(25)18-22-15-5-8-21-12-16(15)23-18/h5,8,12-14,17H,1-4,6-7,9-11H2,(H,22,23). The number of likely N-dealkylation sites (tertiary alicyclic amines) is 2. The molecule has 1 atom stereocenters. The third kappa shape index (κ3) is 3.09. The van der Waals surface area contributed by atoms with Crippen LogP contribution >= 0.6 is 0 Å². The van der Waals surface area contributed by atoms with E-state index in [-0.39, 0.29) is 23.8 Å². The van der Waals surface area contributed by atoms with Crippen molar-refractivity contribution in [3.8, 4) is 0 Å². The normalized spacial score (nSPS) is 23.9. The fourth-order valence-corrected chi connectivity index (χ4v) is 4.52. The van der Waals surface area contributed by atoms with Gasteiger partial charge in [-0.2, -0.15) is 0 Å². The molecule has 1 aliphatic carbocycles. The zero-order valence-corrected chi connectivity index (χ0v) is 15.4. The Balaban J connectivity index is 1.27. The number of nitrogens with zero attached hydrogens (tertiary/aromatic N) is 4. The van der Waals surface area contributed by atoms with Crippen LogP contribution in [0.15, 0.2) is 18.5 Å². The van der Waals surface area contributed by atoms with Crippen LogP contribution < -0.4 is 0 Å². The minimum absolute atomic E-state index is 0.0241. The number of piperidine rings is 1. The predicted octanol–water partition coefficient (Wildman–Crippen LogP) is 2.27. The van der Waals surface area contributed by atoms with Crippen LogP contribution in [0.3, 0.4) is 0 Å². The number of pyridine rings is 1. The molecule has 2 aliphatic heterocycles. The third-order valence-electron chi connectivity index (χ3n) is 6.24. The van der Waals surface area contributed by atoms with Crippen molar-refractivity contribution in [1.29, 1.82) is 0 Å². The lowest BCUT2D eigenvalue weighted by Crippen LogP contribution is -2.44. The van der Waals surface area contributed by atoms with Gasteiger partial charge in [-0.25, -0.2) is 4.98 Å². The molecule has 0 radical (unpaired) electrons. The largest absolute Gasteiger partial charge is 0.342 e. The van der Waals surface area contributed by atoms with Crippen LogP contribution in [0.2, 0.25) is 0 Å². The summed E-state index contributed by atoms with van der Waals surface area (Å²) in [7, 11) is 0. The summed E-state index contributed by atoms with van der Waals surface area (Å²) in [5.41, 5.74) is 1.81. The van der Waals surface area contributed by atoms with Gasteiger partial charge in [0, 0.05) is 37.7 Å². The zero-order valence-electron chi connectivity index (χ0n) is 15.4. The van der Waals surface area contributed by atoms with Gasteiger partial charge in [-0.3, -0.25) is 14.6 Å². The van der Waals surface area contributed by atoms with Crippen LogP contribution in [0.5, 0.6) is 0 Å². The number of fused-ring (bicyclic) bond motifs is 1. The number of nitrogens with one attached hydrogen (secondary N) is 1. The maximum absolute atomic E-state index is 13.2. The highest BCUT2D eigenvalue weighted by atomic mass is 16.2. The minimum Gasteiger partial charge on any atom is -0.342 e. The van der Waals surface area contributed by atoms with E-state index in [9.17, 15) is 9.59 Å². The van der Waals surface area contributed by atoms with Gasteiger partial charge in [0.05, 0.1) is 23.3 Å². The number of hydrogen-bond donors (Lipinski definition) is 1. The van der Waals surface area contributed by atoms with Gasteiger partial charge in [-0.1, -0.05) is 0 Å². The van der Waals surface area contributed by atoms with Gasteiger partial charge in [0.15, 0.2) is 0 Å². The molecule has 1 unspecified atom stereocenters. The molecule has 1 saturated carbocycles. The van der Waals surface area contributed by atoms with Crippen LogP contribution in [-0.2, 0) is 9.59 Å². The monoisotopic (exact) mass is 367 g/mol. The Kier molecular flexibility index (Phi) is 4.10. The molecule has 1 N–H and O–H groups in total. The predicted molar refractivity (Wildman–Crippen MR) is 99.6 cm³/mol. The average Bonchev–Trinajstić information content (AvgIpc) is 3.28. The number of imidazole rings is 1. The molecule has 2 amide bonds. The van der Waals surface area contributed by atoms with E-state index in [1.807, 2.05) is 15.9 Å². The molecule has 5 rings (SSSR count). The third-order valence-corrected chi connectivity index (χ3v) is 6.24. The summed E-state index contributed by atoms with van der Waals surface area (Å²) in [5, 5.41) is 0. The van der Waals surface area contributed by atoms with Crippen molar-refractivity contribution in [1.82, 2.24) is 24.8 Å². The van der Waals surface area contributed by atoms with E-state index < -0.39 is 0 Å². The Bertz CT molecular complexity index is 833. The summed E-state index contributed by atoms with van der Waals surface area (Å²) in [6, 6.07) is 1.92. The molecule has 0 spiro atoms. The van der Waals surface area contributed by atoms with Gasteiger partial charge < -0.3 is 14.8 Å². The molecule has 4 heterocycles. The molecule has 7 heteroatoms. The maximum atomic E-state index is 13.2. The number of amides is 2. The number of rotatable bonds is 3. The molecule has 2 aromatic rings. The first-order valence-corrected chi connectivity index (χ1v) is 10.1. The van der Waals surface area contributed by atoms with Crippen molar-refractivity contribution in [2.24, 2.45) is 11.8 Å². The Morgan fingerprint density at radius 1 is 1.00 bits per heavy atom. The van der Waals surface area contributed by atoms with Gasteiger partial charge in [0.25, 0.3) is 0 Å². The topological polar surface area (TPSA) is 82.2 Å². The highest BCUT2D eigenvalue weighted by Gasteiger charge is 2.39. The van der Waals surface area contributed by atoms with Crippen LogP contribution in [0.4, 0.5) is 0 Å². The molecule has 7 nitrogen and oxygen atoms in total. The van der Waals surface area contributed by atoms with Crippen LogP contribution in [0, 0.1) is 11.8 Å². The van der Waals surface area contributed by atoms with E-state index in [0.29, 0.717) is 5.91 Å². The molecule has 3 fully saturated rings. The van der Waals surface area contributed by atoms with Crippen LogP contribution in [0.25, 0.3) is 11.0 Å². The van der Waals surface area contributed by atoms with Gasteiger partial charge in [0.2, 0.25) is 11.8 Å². The zero-order chi connectivity index (χ0) is 18.4. The summed E-state index contributed by atoms with van der Waals surface area (Å²) in [6.45, 7) is 2.24. The molecule has 142 valence electrons. The molecule has 27 heavy (non-hydrogen) atoms. The van der Waals surface area contributed by atoms with E-state index in [2.05, 4.69) is 9.97 Å². The number of aromatic amines is 1. The molecule has 3 aliphatic rings. The molecular weight excluding hydrogens is 342 g/mol. The quantitative estimate of drug-likeness (QED) is 0.902. The second-order valence-corrected chi connectivity index (χ2v) is 8.08. The average molecular weight is 367 g/mol. The van der Waals surface area contributed by atoms with Crippen molar-refractivity contribution in [2.75, 3.05) is 19.6 Å². The molecule has 0 bridgehead atoms. The van der Waals surface area contributed by atoms with E-state index in [4.69, 9.17) is 4.98 Å². The van der Waals surface area contributed by atoms with Gasteiger partial charge in [0.1, 0.15) is 5.82 Å². The number of H-pyrrole nitrogens is 1. The summed E-state index contributed by atoms with van der Waals surface area (Å²) < 4.78 is 0. The van der Waals surface area contributed by atoms with Crippen molar-refractivity contribution in [3.05, 3.63) is 24.3 Å². The van der Waals surface area contributed by atoms with Crippen molar-refractivity contribution < 1.29 is 9.59 Å². The van der Waals surface area contributed by atoms with Crippen LogP contribution in [-0.4, -0.2) is 56.2 Å². The minimum atomic E-state index is 0.0241. The molecule has 2 saturated heterocycles. The smallest absolute Gasteiger partial charge is 0.226 e. The lowest BCUT2D eigenvalue weighted by molar-refractivity contribution is -0.142. The first-order chi connectivity index (χ1) is 13.2. The molecular formula is C20H25N5O2. The van der Waals surface area contributed by atoms with E-state index in [0.717, 1.165) is 75.0 Å². The molecule has 0 aromatic carbocycles. The summed E-state index contributed by atoms with van der Waals surface area (Å²) in [4.78, 5) is 41.6. The summed E-state index contributed by atoms with van der Waals surface area (Å²) in [6.07, 6.45) is 9.11. The Hall–Kier alpha value is -2.44. The second kappa shape index (κ2) is 6.62. The number of hydrogen-bond acceptors (Lipinski definition) is 4. The number of aromatic nitrogens is 3. The fourth-order valence-electron chi connectivity index (χ4n) is 4.52. The first kappa shape index (κ1) is 16.7. The molecule has 2 aromatic heterocycles. The summed E-state index contributed by atoms with van der Waals surface area (Å²) >= 11 is 0. The van der Waals surface area contributed by atoms with E-state index in [1.54, 1.807) is 12.4 Å². The van der Waals surface area contributed by atoms with Crippen LogP contribution in [0.1, 0.15) is 50.4 Å². The highest BCUT2D eigenvalue weighted by molar-refractivity contribution is 5.83. The summed E-state index contributed by atoms with van der Waals surface area (Å²) in [5.74, 6) is 1.69. The second-order valence-electron chi connectivity index (χ2n) is 8.08. The lowest BCUT2D eigenvalue weighted by Gasteiger charge is -2.34.